The molecule has 1 aromatic rings. The van der Waals surface area contributed by atoms with Gasteiger partial charge in [0.2, 0.25) is 0 Å². The topological polar surface area (TPSA) is 63.6 Å². The first-order chi connectivity index (χ1) is 10.0. The fourth-order valence-electron chi connectivity index (χ4n) is 3.42. The van der Waals surface area contributed by atoms with Crippen LogP contribution in [0, 0.1) is 0 Å². The molecule has 2 heterocycles. The van der Waals surface area contributed by atoms with Crippen LogP contribution in [0.2, 0.25) is 0 Å². The summed E-state index contributed by atoms with van der Waals surface area (Å²) in [6, 6.07) is 6.87. The molecule has 2 unspecified atom stereocenters. The van der Waals surface area contributed by atoms with Gasteiger partial charge in [-0.25, -0.2) is 8.42 Å². The van der Waals surface area contributed by atoms with E-state index in [0.29, 0.717) is 23.0 Å². The normalized spacial score (nSPS) is 31.0. The van der Waals surface area contributed by atoms with E-state index in [1.807, 2.05) is 0 Å². The van der Waals surface area contributed by atoms with Crippen molar-refractivity contribution in [3.05, 3.63) is 29.8 Å². The number of hydrogen-bond donors (Lipinski definition) is 1. The first-order valence-electron chi connectivity index (χ1n) is 7.68. The van der Waals surface area contributed by atoms with Gasteiger partial charge in [-0.1, -0.05) is 18.2 Å². The zero-order chi connectivity index (χ0) is 14.9. The van der Waals surface area contributed by atoms with Gasteiger partial charge in [0.15, 0.2) is 9.84 Å². The van der Waals surface area contributed by atoms with Crippen LogP contribution in [0.1, 0.15) is 44.1 Å². The van der Waals surface area contributed by atoms with Gasteiger partial charge in [-0.3, -0.25) is 0 Å². The number of fused-ring (bicyclic) bond motifs is 1. The van der Waals surface area contributed by atoms with Crippen LogP contribution in [0.4, 0.5) is 0 Å². The third kappa shape index (κ3) is 3.00. The number of hydrogen-bond acceptors (Lipinski definition) is 4. The highest BCUT2D eigenvalue weighted by Crippen LogP contribution is 2.40. The summed E-state index contributed by atoms with van der Waals surface area (Å²) >= 11 is 0. The van der Waals surface area contributed by atoms with Crippen molar-refractivity contribution in [2.24, 2.45) is 0 Å². The average molecular weight is 310 g/mol. The van der Waals surface area contributed by atoms with Crippen molar-refractivity contribution >= 4 is 9.84 Å². The Kier molecular flexibility index (Phi) is 4.08. The van der Waals surface area contributed by atoms with E-state index >= 15 is 0 Å². The molecular formula is C16H22O4S. The molecule has 2 aliphatic heterocycles. The van der Waals surface area contributed by atoms with Gasteiger partial charge in [0, 0.05) is 12.2 Å². The molecule has 0 amide bonds. The van der Waals surface area contributed by atoms with Gasteiger partial charge < -0.3 is 9.84 Å². The molecule has 5 heteroatoms. The lowest BCUT2D eigenvalue weighted by atomic mass is 9.85. The predicted octanol–water partition coefficient (Wildman–Crippen LogP) is 2.40. The number of ether oxygens (including phenoxy) is 1. The fraction of sp³-hybridized carbons (Fsp3) is 0.625. The first kappa shape index (κ1) is 15.0. The van der Waals surface area contributed by atoms with Crippen LogP contribution in [-0.2, 0) is 20.2 Å². The van der Waals surface area contributed by atoms with Gasteiger partial charge in [0.25, 0.3) is 0 Å². The van der Waals surface area contributed by atoms with Crippen molar-refractivity contribution in [2.75, 3.05) is 12.4 Å². The van der Waals surface area contributed by atoms with Crippen molar-refractivity contribution in [3.63, 3.8) is 0 Å². The standard InChI is InChI=1S/C16H22O4S/c17-16(9-3-5-13-6-4-11-20-13)10-12-21(18,19)15-8-2-1-7-14(15)16/h1-2,7-8,13,17H,3-6,9-12H2. The van der Waals surface area contributed by atoms with Crippen LogP contribution < -0.4 is 0 Å². The summed E-state index contributed by atoms with van der Waals surface area (Å²) in [5.74, 6) is 0.0282. The van der Waals surface area contributed by atoms with Crippen LogP contribution >= 0.6 is 0 Å². The lowest BCUT2D eigenvalue weighted by Crippen LogP contribution is -2.35. The Hall–Kier alpha value is -0.910. The quantitative estimate of drug-likeness (QED) is 0.927. The largest absolute Gasteiger partial charge is 0.385 e. The van der Waals surface area contributed by atoms with Gasteiger partial charge >= 0.3 is 0 Å². The van der Waals surface area contributed by atoms with Gasteiger partial charge in [0.1, 0.15) is 0 Å². The SMILES string of the molecule is O=S1(=O)CCC(O)(CCCC2CCCO2)c2ccccc21. The Morgan fingerprint density at radius 2 is 2.14 bits per heavy atom. The van der Waals surface area contributed by atoms with Gasteiger partial charge in [-0.05, 0) is 44.6 Å². The zero-order valence-electron chi connectivity index (χ0n) is 12.1. The molecule has 4 nitrogen and oxygen atoms in total. The second-order valence-corrected chi connectivity index (χ2v) is 8.20. The number of benzene rings is 1. The highest BCUT2D eigenvalue weighted by Gasteiger charge is 2.40. The molecule has 2 aliphatic rings. The Labute approximate surface area is 126 Å². The molecule has 1 N–H and O–H groups in total. The van der Waals surface area contributed by atoms with Crippen molar-refractivity contribution in [2.45, 2.75) is 55.1 Å². The molecule has 1 fully saturated rings. The van der Waals surface area contributed by atoms with E-state index in [2.05, 4.69) is 0 Å². The average Bonchev–Trinajstić information content (AvgIpc) is 2.98. The Bertz CT molecular complexity index is 604. The second kappa shape index (κ2) is 5.71. The highest BCUT2D eigenvalue weighted by atomic mass is 32.2. The van der Waals surface area contributed by atoms with Gasteiger partial charge in [-0.15, -0.1) is 0 Å². The van der Waals surface area contributed by atoms with E-state index in [1.165, 1.54) is 0 Å². The summed E-state index contributed by atoms with van der Waals surface area (Å²) in [6.45, 7) is 0.843. The van der Waals surface area contributed by atoms with Crippen LogP contribution in [0.5, 0.6) is 0 Å². The fourth-order valence-corrected chi connectivity index (χ4v) is 5.13. The van der Waals surface area contributed by atoms with Crippen molar-refractivity contribution < 1.29 is 18.3 Å². The van der Waals surface area contributed by atoms with Crippen molar-refractivity contribution in [3.8, 4) is 0 Å². The Morgan fingerprint density at radius 3 is 2.90 bits per heavy atom. The maximum absolute atomic E-state index is 12.1. The first-order valence-corrected chi connectivity index (χ1v) is 9.33. The molecule has 0 spiro atoms. The third-order valence-corrected chi connectivity index (χ3v) is 6.42. The minimum Gasteiger partial charge on any atom is -0.385 e. The van der Waals surface area contributed by atoms with Crippen LogP contribution in [0.3, 0.4) is 0 Å². The Balaban J connectivity index is 1.74. The molecule has 116 valence electrons. The number of aliphatic hydroxyl groups is 1. The summed E-state index contributed by atoms with van der Waals surface area (Å²) < 4.78 is 29.8. The summed E-state index contributed by atoms with van der Waals surface area (Å²) in [7, 11) is -3.24. The third-order valence-electron chi connectivity index (χ3n) is 4.65. The predicted molar refractivity (Wildman–Crippen MR) is 79.8 cm³/mol. The van der Waals surface area contributed by atoms with Gasteiger partial charge in [0.05, 0.1) is 22.4 Å². The van der Waals surface area contributed by atoms with Crippen molar-refractivity contribution in [1.82, 2.24) is 0 Å². The van der Waals surface area contributed by atoms with E-state index in [4.69, 9.17) is 4.74 Å². The molecule has 0 aromatic heterocycles. The van der Waals surface area contributed by atoms with E-state index in [9.17, 15) is 13.5 Å². The van der Waals surface area contributed by atoms with Crippen LogP contribution in [0.15, 0.2) is 29.2 Å². The van der Waals surface area contributed by atoms with Crippen LogP contribution in [-0.4, -0.2) is 32.0 Å². The van der Waals surface area contributed by atoms with E-state index in [-0.39, 0.29) is 12.2 Å². The zero-order valence-corrected chi connectivity index (χ0v) is 12.9. The number of sulfone groups is 1. The van der Waals surface area contributed by atoms with E-state index < -0.39 is 15.4 Å². The monoisotopic (exact) mass is 310 g/mol. The van der Waals surface area contributed by atoms with E-state index in [0.717, 1.165) is 32.3 Å². The molecule has 0 bridgehead atoms. The lowest BCUT2D eigenvalue weighted by molar-refractivity contribution is 0.0116. The molecule has 3 rings (SSSR count). The molecule has 0 radical (unpaired) electrons. The molecule has 1 aromatic carbocycles. The summed E-state index contributed by atoms with van der Waals surface area (Å²) in [4.78, 5) is 0.302. The van der Waals surface area contributed by atoms with E-state index in [1.54, 1.807) is 24.3 Å². The minimum atomic E-state index is -3.24. The lowest BCUT2D eigenvalue weighted by Gasteiger charge is -2.34. The highest BCUT2D eigenvalue weighted by molar-refractivity contribution is 7.91. The molecular weight excluding hydrogens is 288 g/mol. The van der Waals surface area contributed by atoms with Crippen molar-refractivity contribution in [1.29, 1.82) is 0 Å². The number of rotatable bonds is 4. The maximum Gasteiger partial charge on any atom is 0.178 e. The maximum atomic E-state index is 12.1. The Morgan fingerprint density at radius 1 is 1.33 bits per heavy atom. The smallest absolute Gasteiger partial charge is 0.178 e. The molecule has 2 atom stereocenters. The summed E-state index contributed by atoms with van der Waals surface area (Å²) in [5.41, 5.74) is -0.441. The molecule has 0 aliphatic carbocycles. The minimum absolute atomic E-state index is 0.0282. The summed E-state index contributed by atoms with van der Waals surface area (Å²) in [6.07, 6.45) is 5.22. The summed E-state index contributed by atoms with van der Waals surface area (Å²) in [5, 5.41) is 10.9. The molecule has 1 saturated heterocycles. The van der Waals surface area contributed by atoms with Gasteiger partial charge in [-0.2, -0.15) is 0 Å². The molecule has 0 saturated carbocycles. The second-order valence-electron chi connectivity index (χ2n) is 6.12. The molecule has 21 heavy (non-hydrogen) atoms. The van der Waals surface area contributed by atoms with Crippen LogP contribution in [0.25, 0.3) is 0 Å².